The molecule has 0 heterocycles. The van der Waals surface area contributed by atoms with Gasteiger partial charge >= 0.3 is 21.3 Å². The zero-order chi connectivity index (χ0) is 19.3. The van der Waals surface area contributed by atoms with E-state index >= 15 is 0 Å². The second-order valence-electron chi connectivity index (χ2n) is 7.97. The summed E-state index contributed by atoms with van der Waals surface area (Å²) in [7, 11) is -5.88. The Kier molecular flexibility index (Phi) is 5.07. The number of carbonyl (C=O) groups is 1. The van der Waals surface area contributed by atoms with E-state index in [1.807, 2.05) is 0 Å². The lowest BCUT2D eigenvalue weighted by atomic mass is 9.52. The van der Waals surface area contributed by atoms with E-state index in [0.717, 1.165) is 12.8 Å². The van der Waals surface area contributed by atoms with Gasteiger partial charge in [0.15, 0.2) is 6.17 Å². The molecule has 3 fully saturated rings. The van der Waals surface area contributed by atoms with Crippen LogP contribution in [0.3, 0.4) is 0 Å². The third-order valence-electron chi connectivity index (χ3n) is 6.23. The minimum atomic E-state index is -5.88. The van der Waals surface area contributed by atoms with Crippen LogP contribution >= 0.6 is 0 Å². The fraction of sp³-hybridized carbons (Fsp3) is 0.938. The van der Waals surface area contributed by atoms with Gasteiger partial charge in [-0.1, -0.05) is 0 Å². The molecule has 3 aliphatic carbocycles. The topological polar surface area (TPSA) is 101 Å². The van der Waals surface area contributed by atoms with Crippen LogP contribution in [0, 0.1) is 23.7 Å². The Morgan fingerprint density at radius 1 is 1.23 bits per heavy atom. The van der Waals surface area contributed by atoms with Gasteiger partial charge in [0.05, 0.1) is 18.1 Å². The van der Waals surface area contributed by atoms with E-state index in [-0.39, 0.29) is 11.8 Å². The first-order chi connectivity index (χ1) is 11.9. The Hall–Kier alpha value is -0.870. The molecule has 0 radical (unpaired) electrons. The number of halogens is 3. The van der Waals surface area contributed by atoms with Crippen molar-refractivity contribution in [3.8, 4) is 0 Å². The van der Waals surface area contributed by atoms with Crippen LogP contribution in [0.2, 0.25) is 0 Å². The van der Waals surface area contributed by atoms with Gasteiger partial charge in [-0.15, -0.1) is 0 Å². The standard InChI is InChI=1S/C16H23F3O6S/c17-13(16(18,19)26(22,23)24)3-4-25-14(20)11-6-10-5-9-1-2-12(11)15(21,7-9)8-10/h9-13,21H,1-8H2,(H,22,23,24). The second kappa shape index (κ2) is 6.63. The molecule has 6 atom stereocenters. The Balaban J connectivity index is 1.57. The minimum Gasteiger partial charge on any atom is -0.465 e. The molecule has 3 aliphatic rings. The Bertz CT molecular complexity index is 665. The molecule has 6 nitrogen and oxygen atoms in total. The van der Waals surface area contributed by atoms with E-state index in [9.17, 15) is 31.5 Å². The first-order valence-electron chi connectivity index (χ1n) is 8.82. The number of hydrogen-bond donors (Lipinski definition) is 2. The van der Waals surface area contributed by atoms with Crippen molar-refractivity contribution >= 4 is 16.1 Å². The molecule has 26 heavy (non-hydrogen) atoms. The van der Waals surface area contributed by atoms with Gasteiger partial charge in [-0.3, -0.25) is 9.35 Å². The van der Waals surface area contributed by atoms with E-state index in [1.165, 1.54) is 0 Å². The van der Waals surface area contributed by atoms with Crippen molar-refractivity contribution in [2.75, 3.05) is 6.61 Å². The predicted octanol–water partition coefficient (Wildman–Crippen LogP) is 2.32. The lowest BCUT2D eigenvalue weighted by Crippen LogP contribution is -2.57. The van der Waals surface area contributed by atoms with Crippen LogP contribution in [-0.2, 0) is 19.6 Å². The molecule has 3 bridgehead atoms. The van der Waals surface area contributed by atoms with Crippen molar-refractivity contribution in [1.82, 2.24) is 0 Å². The molecule has 3 saturated carbocycles. The molecule has 0 spiro atoms. The average molecular weight is 400 g/mol. The summed E-state index contributed by atoms with van der Waals surface area (Å²) in [6, 6.07) is 0. The van der Waals surface area contributed by atoms with Gasteiger partial charge in [-0.25, -0.2) is 4.39 Å². The van der Waals surface area contributed by atoms with E-state index in [0.29, 0.717) is 31.6 Å². The summed E-state index contributed by atoms with van der Waals surface area (Å²) in [6.45, 7) is -0.722. The molecule has 0 aliphatic heterocycles. The first kappa shape index (κ1) is 19.9. The van der Waals surface area contributed by atoms with Crippen LogP contribution in [0.15, 0.2) is 0 Å². The Labute approximate surface area is 149 Å². The average Bonchev–Trinajstić information content (AvgIpc) is 2.49. The summed E-state index contributed by atoms with van der Waals surface area (Å²) in [6.07, 6.45) is 0.215. The molecule has 0 saturated heterocycles. The monoisotopic (exact) mass is 400 g/mol. The molecule has 150 valence electrons. The van der Waals surface area contributed by atoms with Crippen LogP contribution in [-0.4, -0.2) is 47.7 Å². The number of ether oxygens (including phenoxy) is 1. The van der Waals surface area contributed by atoms with Gasteiger partial charge in [0.1, 0.15) is 0 Å². The zero-order valence-electron chi connectivity index (χ0n) is 14.1. The molecule has 6 unspecified atom stereocenters. The third-order valence-corrected chi connectivity index (χ3v) is 7.17. The van der Waals surface area contributed by atoms with Crippen molar-refractivity contribution in [3.05, 3.63) is 0 Å². The number of carbonyl (C=O) groups excluding carboxylic acids is 1. The number of aliphatic hydroxyl groups is 1. The third kappa shape index (κ3) is 3.47. The van der Waals surface area contributed by atoms with Gasteiger partial charge in [-0.05, 0) is 50.4 Å². The number of hydrogen-bond acceptors (Lipinski definition) is 5. The largest absolute Gasteiger partial charge is 0.465 e. The zero-order valence-corrected chi connectivity index (χ0v) is 14.9. The number of fused-ring (bicyclic) bond motifs is 2. The molecule has 0 aromatic heterocycles. The first-order valence-corrected chi connectivity index (χ1v) is 10.3. The van der Waals surface area contributed by atoms with Gasteiger partial charge in [0, 0.05) is 12.3 Å². The SMILES string of the molecule is O=C(OCCC(F)C(F)(F)S(=O)(=O)O)C1CC2CC3CCC1C(O)(C3)C2. The van der Waals surface area contributed by atoms with Crippen molar-refractivity contribution in [2.24, 2.45) is 23.7 Å². The fourth-order valence-electron chi connectivity index (χ4n) is 5.17. The van der Waals surface area contributed by atoms with Crippen molar-refractivity contribution in [2.45, 2.75) is 62.0 Å². The van der Waals surface area contributed by atoms with Crippen LogP contribution < -0.4 is 0 Å². The second-order valence-corrected chi connectivity index (χ2v) is 9.46. The summed E-state index contributed by atoms with van der Waals surface area (Å²) >= 11 is 0. The molecule has 0 aromatic rings. The van der Waals surface area contributed by atoms with Gasteiger partial charge in [0.25, 0.3) is 0 Å². The fourth-order valence-corrected chi connectivity index (χ4v) is 5.61. The lowest BCUT2D eigenvalue weighted by Gasteiger charge is -2.56. The maximum atomic E-state index is 13.4. The van der Waals surface area contributed by atoms with Crippen LogP contribution in [0.5, 0.6) is 0 Å². The molecule has 2 N–H and O–H groups in total. The van der Waals surface area contributed by atoms with Crippen LogP contribution in [0.1, 0.15) is 44.9 Å². The number of alkyl halides is 3. The Morgan fingerprint density at radius 3 is 2.54 bits per heavy atom. The van der Waals surface area contributed by atoms with E-state index in [1.54, 1.807) is 0 Å². The van der Waals surface area contributed by atoms with Crippen molar-refractivity contribution in [1.29, 1.82) is 0 Å². The normalized spacial score (nSPS) is 38.0. The maximum Gasteiger partial charge on any atom is 0.400 e. The smallest absolute Gasteiger partial charge is 0.400 e. The van der Waals surface area contributed by atoms with Gasteiger partial charge in [0.2, 0.25) is 0 Å². The number of rotatable bonds is 6. The highest BCUT2D eigenvalue weighted by Gasteiger charge is 2.56. The molecule has 0 aromatic carbocycles. The molecule has 10 heteroatoms. The molecule has 0 amide bonds. The lowest BCUT2D eigenvalue weighted by molar-refractivity contribution is -0.184. The molecular weight excluding hydrogens is 377 g/mol. The highest BCUT2D eigenvalue weighted by Crippen LogP contribution is 2.56. The van der Waals surface area contributed by atoms with Crippen LogP contribution in [0.25, 0.3) is 0 Å². The Morgan fingerprint density at radius 2 is 1.88 bits per heavy atom. The predicted molar refractivity (Wildman–Crippen MR) is 83.6 cm³/mol. The van der Waals surface area contributed by atoms with Crippen molar-refractivity contribution in [3.63, 3.8) is 0 Å². The minimum absolute atomic E-state index is 0.214. The number of esters is 1. The molecular formula is C16H23F3O6S. The molecule has 3 rings (SSSR count). The summed E-state index contributed by atoms with van der Waals surface area (Å²) < 4.78 is 74.0. The highest BCUT2D eigenvalue weighted by atomic mass is 32.2. The maximum absolute atomic E-state index is 13.4. The highest BCUT2D eigenvalue weighted by molar-refractivity contribution is 7.86. The van der Waals surface area contributed by atoms with Crippen molar-refractivity contribution < 1.29 is 40.8 Å². The van der Waals surface area contributed by atoms with Gasteiger partial charge in [-0.2, -0.15) is 17.2 Å². The quantitative estimate of drug-likeness (QED) is 0.524. The summed E-state index contributed by atoms with van der Waals surface area (Å²) in [5.41, 5.74) is -0.894. The van der Waals surface area contributed by atoms with E-state index in [2.05, 4.69) is 0 Å². The van der Waals surface area contributed by atoms with E-state index in [4.69, 9.17) is 9.29 Å². The summed E-state index contributed by atoms with van der Waals surface area (Å²) in [4.78, 5) is 12.4. The van der Waals surface area contributed by atoms with Gasteiger partial charge < -0.3 is 9.84 Å². The van der Waals surface area contributed by atoms with E-state index < -0.39 is 52.1 Å². The summed E-state index contributed by atoms with van der Waals surface area (Å²) in [5, 5.41) is 5.91. The summed E-state index contributed by atoms with van der Waals surface area (Å²) in [5.74, 6) is -0.781. The van der Waals surface area contributed by atoms with Crippen LogP contribution in [0.4, 0.5) is 13.2 Å².